The van der Waals surface area contributed by atoms with Crippen molar-refractivity contribution < 1.29 is 14.5 Å². The molecule has 0 bridgehead atoms. The Bertz CT molecular complexity index is 813. The molecule has 3 rings (SSSR count). The SMILES string of the molecule is O=C(Cc1ccc(NC(=O)c2ccccc2[N+](=O)[O-])cc1)NC1CC1. The Labute approximate surface area is 144 Å². The first-order valence-corrected chi connectivity index (χ1v) is 7.96. The van der Waals surface area contributed by atoms with Gasteiger partial charge in [-0.3, -0.25) is 19.7 Å². The molecule has 1 aliphatic carbocycles. The lowest BCUT2D eigenvalue weighted by molar-refractivity contribution is -0.385. The van der Waals surface area contributed by atoms with Gasteiger partial charge in [0.25, 0.3) is 11.6 Å². The summed E-state index contributed by atoms with van der Waals surface area (Å²) in [6.07, 6.45) is 2.37. The van der Waals surface area contributed by atoms with E-state index in [1.165, 1.54) is 18.2 Å². The minimum Gasteiger partial charge on any atom is -0.353 e. The second-order valence-corrected chi connectivity index (χ2v) is 5.94. The third-order valence-electron chi connectivity index (χ3n) is 3.86. The molecular formula is C18H17N3O4. The van der Waals surface area contributed by atoms with Gasteiger partial charge in [0.1, 0.15) is 5.56 Å². The van der Waals surface area contributed by atoms with Crippen LogP contribution in [-0.2, 0) is 11.2 Å². The van der Waals surface area contributed by atoms with Crippen molar-refractivity contribution in [2.75, 3.05) is 5.32 Å². The summed E-state index contributed by atoms with van der Waals surface area (Å²) in [6, 6.07) is 13.0. The van der Waals surface area contributed by atoms with Crippen LogP contribution in [0.1, 0.15) is 28.8 Å². The summed E-state index contributed by atoms with van der Waals surface area (Å²) in [5.41, 5.74) is 1.10. The zero-order chi connectivity index (χ0) is 17.8. The molecule has 0 aliphatic heterocycles. The maximum absolute atomic E-state index is 12.3. The molecule has 7 nitrogen and oxygen atoms in total. The summed E-state index contributed by atoms with van der Waals surface area (Å²) in [4.78, 5) is 34.4. The van der Waals surface area contributed by atoms with E-state index in [4.69, 9.17) is 0 Å². The predicted octanol–water partition coefficient (Wildman–Crippen LogP) is 2.67. The average Bonchev–Trinajstić information content (AvgIpc) is 3.40. The average molecular weight is 339 g/mol. The van der Waals surface area contributed by atoms with Crippen molar-refractivity contribution in [1.29, 1.82) is 0 Å². The maximum Gasteiger partial charge on any atom is 0.282 e. The van der Waals surface area contributed by atoms with Gasteiger partial charge in [-0.2, -0.15) is 0 Å². The van der Waals surface area contributed by atoms with Gasteiger partial charge in [0.15, 0.2) is 0 Å². The highest BCUT2D eigenvalue weighted by Crippen LogP contribution is 2.20. The van der Waals surface area contributed by atoms with E-state index in [0.29, 0.717) is 11.7 Å². The van der Waals surface area contributed by atoms with Crippen molar-refractivity contribution in [2.24, 2.45) is 0 Å². The van der Waals surface area contributed by atoms with Gasteiger partial charge in [-0.05, 0) is 36.6 Å². The smallest absolute Gasteiger partial charge is 0.282 e. The van der Waals surface area contributed by atoms with Crippen molar-refractivity contribution in [3.63, 3.8) is 0 Å². The fraction of sp³-hybridized carbons (Fsp3) is 0.222. The lowest BCUT2D eigenvalue weighted by Gasteiger charge is -2.07. The van der Waals surface area contributed by atoms with Crippen LogP contribution in [0.25, 0.3) is 0 Å². The molecule has 2 aromatic carbocycles. The second kappa shape index (κ2) is 7.12. The summed E-state index contributed by atoms with van der Waals surface area (Å²) in [5.74, 6) is -0.564. The lowest BCUT2D eigenvalue weighted by Crippen LogP contribution is -2.26. The fourth-order valence-corrected chi connectivity index (χ4v) is 2.42. The van der Waals surface area contributed by atoms with Crippen LogP contribution in [0.2, 0.25) is 0 Å². The molecule has 0 spiro atoms. The van der Waals surface area contributed by atoms with Crippen molar-refractivity contribution in [3.8, 4) is 0 Å². The van der Waals surface area contributed by atoms with E-state index in [9.17, 15) is 19.7 Å². The van der Waals surface area contributed by atoms with E-state index >= 15 is 0 Å². The number of rotatable bonds is 6. The molecule has 0 saturated heterocycles. The van der Waals surface area contributed by atoms with E-state index in [2.05, 4.69) is 10.6 Å². The van der Waals surface area contributed by atoms with Crippen LogP contribution in [0.4, 0.5) is 11.4 Å². The molecule has 1 saturated carbocycles. The molecule has 0 aromatic heterocycles. The molecule has 25 heavy (non-hydrogen) atoms. The van der Waals surface area contributed by atoms with Crippen molar-refractivity contribution >= 4 is 23.2 Å². The lowest BCUT2D eigenvalue weighted by atomic mass is 10.1. The van der Waals surface area contributed by atoms with Gasteiger partial charge in [0.05, 0.1) is 11.3 Å². The molecule has 7 heteroatoms. The molecular weight excluding hydrogens is 322 g/mol. The highest BCUT2D eigenvalue weighted by Gasteiger charge is 2.23. The highest BCUT2D eigenvalue weighted by molar-refractivity contribution is 6.07. The number of nitro groups is 1. The third-order valence-corrected chi connectivity index (χ3v) is 3.86. The maximum atomic E-state index is 12.3. The molecule has 1 fully saturated rings. The van der Waals surface area contributed by atoms with Gasteiger partial charge >= 0.3 is 0 Å². The molecule has 0 unspecified atom stereocenters. The van der Waals surface area contributed by atoms with Gasteiger partial charge in [-0.1, -0.05) is 24.3 Å². The fourth-order valence-electron chi connectivity index (χ4n) is 2.42. The number of para-hydroxylation sites is 1. The van der Waals surface area contributed by atoms with Crippen LogP contribution in [0.3, 0.4) is 0 Å². The first-order valence-electron chi connectivity index (χ1n) is 7.96. The van der Waals surface area contributed by atoms with Crippen LogP contribution in [0.15, 0.2) is 48.5 Å². The normalized spacial score (nSPS) is 13.1. The molecule has 0 radical (unpaired) electrons. The topological polar surface area (TPSA) is 101 Å². The minimum absolute atomic E-state index is 0.000359. The summed E-state index contributed by atoms with van der Waals surface area (Å²) >= 11 is 0. The quantitative estimate of drug-likeness (QED) is 0.624. The number of carbonyl (C=O) groups is 2. The molecule has 1 aliphatic rings. The molecule has 2 N–H and O–H groups in total. The predicted molar refractivity (Wildman–Crippen MR) is 92.4 cm³/mol. The number of benzene rings is 2. The molecule has 2 aromatic rings. The number of hydrogen-bond donors (Lipinski definition) is 2. The summed E-state index contributed by atoms with van der Waals surface area (Å²) in [5, 5.41) is 16.5. The van der Waals surface area contributed by atoms with Crippen LogP contribution in [0, 0.1) is 10.1 Å². The first kappa shape index (κ1) is 16.6. The van der Waals surface area contributed by atoms with Gasteiger partial charge in [0, 0.05) is 17.8 Å². The number of nitrogens with zero attached hydrogens (tertiary/aromatic N) is 1. The van der Waals surface area contributed by atoms with E-state index in [1.54, 1.807) is 30.3 Å². The van der Waals surface area contributed by atoms with E-state index in [-0.39, 0.29) is 23.6 Å². The second-order valence-electron chi connectivity index (χ2n) is 5.94. The molecule has 128 valence electrons. The standard InChI is InChI=1S/C18H17N3O4/c22-17(19-13-9-10-13)11-12-5-7-14(8-6-12)20-18(23)15-3-1-2-4-16(15)21(24)25/h1-8,13H,9-11H2,(H,19,22)(H,20,23). The Hall–Kier alpha value is -3.22. The number of nitro benzene ring substituents is 1. The van der Waals surface area contributed by atoms with E-state index in [0.717, 1.165) is 18.4 Å². The van der Waals surface area contributed by atoms with Crippen LogP contribution < -0.4 is 10.6 Å². The largest absolute Gasteiger partial charge is 0.353 e. The van der Waals surface area contributed by atoms with E-state index in [1.807, 2.05) is 0 Å². The number of anilines is 1. The van der Waals surface area contributed by atoms with Gasteiger partial charge in [-0.15, -0.1) is 0 Å². The van der Waals surface area contributed by atoms with Crippen molar-refractivity contribution in [3.05, 3.63) is 69.8 Å². The summed E-state index contributed by atoms with van der Waals surface area (Å²) < 4.78 is 0. The van der Waals surface area contributed by atoms with Gasteiger partial charge in [-0.25, -0.2) is 0 Å². The molecule has 0 atom stereocenters. The Morgan fingerprint density at radius 1 is 1.08 bits per heavy atom. The van der Waals surface area contributed by atoms with Crippen LogP contribution in [-0.4, -0.2) is 22.8 Å². The molecule has 2 amide bonds. The summed E-state index contributed by atoms with van der Waals surface area (Å²) in [6.45, 7) is 0. The van der Waals surface area contributed by atoms with Gasteiger partial charge in [0.2, 0.25) is 5.91 Å². The monoisotopic (exact) mass is 339 g/mol. The minimum atomic E-state index is -0.587. The highest BCUT2D eigenvalue weighted by atomic mass is 16.6. The Kier molecular flexibility index (Phi) is 4.74. The number of carbonyl (C=O) groups excluding carboxylic acids is 2. The van der Waals surface area contributed by atoms with Crippen molar-refractivity contribution in [2.45, 2.75) is 25.3 Å². The Morgan fingerprint density at radius 2 is 1.76 bits per heavy atom. The van der Waals surface area contributed by atoms with E-state index < -0.39 is 10.8 Å². The Morgan fingerprint density at radius 3 is 2.40 bits per heavy atom. The first-order chi connectivity index (χ1) is 12.0. The zero-order valence-corrected chi connectivity index (χ0v) is 13.4. The zero-order valence-electron chi connectivity index (χ0n) is 13.4. The number of amides is 2. The third kappa shape index (κ3) is 4.41. The van der Waals surface area contributed by atoms with Gasteiger partial charge < -0.3 is 10.6 Å². The summed E-state index contributed by atoms with van der Waals surface area (Å²) in [7, 11) is 0. The molecule has 0 heterocycles. The number of nitrogens with one attached hydrogen (secondary N) is 2. The number of hydrogen-bond acceptors (Lipinski definition) is 4. The van der Waals surface area contributed by atoms with Crippen LogP contribution in [0.5, 0.6) is 0 Å². The Balaban J connectivity index is 1.64. The van der Waals surface area contributed by atoms with Crippen molar-refractivity contribution in [1.82, 2.24) is 5.32 Å². The van der Waals surface area contributed by atoms with Crippen LogP contribution >= 0.6 is 0 Å².